The van der Waals surface area contributed by atoms with Gasteiger partial charge >= 0.3 is 6.61 Å². The lowest BCUT2D eigenvalue weighted by Gasteiger charge is -2.13. The van der Waals surface area contributed by atoms with Crippen molar-refractivity contribution in [2.75, 3.05) is 17.2 Å². The van der Waals surface area contributed by atoms with Crippen molar-refractivity contribution in [2.45, 2.75) is 20.5 Å². The molecule has 0 unspecified atom stereocenters. The third-order valence-electron chi connectivity index (χ3n) is 3.33. The van der Waals surface area contributed by atoms with Gasteiger partial charge in [0.2, 0.25) is 5.91 Å². The molecule has 1 amide bonds. The Bertz CT molecular complexity index is 690. The average Bonchev–Trinajstić information content (AvgIpc) is 2.49. The van der Waals surface area contributed by atoms with Gasteiger partial charge in [0.1, 0.15) is 5.75 Å². The third kappa shape index (κ3) is 4.95. The molecule has 0 saturated carbocycles. The molecule has 2 aromatic rings. The summed E-state index contributed by atoms with van der Waals surface area (Å²) in [4.78, 5) is 12.0. The van der Waals surface area contributed by atoms with Gasteiger partial charge in [-0.25, -0.2) is 0 Å². The number of halogens is 2. The van der Waals surface area contributed by atoms with Crippen LogP contribution in [0.4, 0.5) is 20.2 Å². The summed E-state index contributed by atoms with van der Waals surface area (Å²) in [5.41, 5.74) is 3.24. The number of benzene rings is 2. The van der Waals surface area contributed by atoms with Crippen LogP contribution in [0.15, 0.2) is 42.5 Å². The summed E-state index contributed by atoms with van der Waals surface area (Å²) in [7, 11) is 0. The van der Waals surface area contributed by atoms with Crippen LogP contribution in [-0.2, 0) is 4.79 Å². The van der Waals surface area contributed by atoms with Gasteiger partial charge in [0.25, 0.3) is 0 Å². The van der Waals surface area contributed by atoms with Gasteiger partial charge in [-0.2, -0.15) is 8.78 Å². The van der Waals surface area contributed by atoms with Crippen LogP contribution in [0, 0.1) is 13.8 Å². The van der Waals surface area contributed by atoms with E-state index in [0.29, 0.717) is 11.4 Å². The van der Waals surface area contributed by atoms with Gasteiger partial charge in [0.15, 0.2) is 0 Å². The summed E-state index contributed by atoms with van der Waals surface area (Å²) < 4.78 is 29.1. The lowest BCUT2D eigenvalue weighted by Crippen LogP contribution is -2.22. The molecule has 0 saturated heterocycles. The third-order valence-corrected chi connectivity index (χ3v) is 3.33. The highest BCUT2D eigenvalue weighted by Gasteiger charge is 2.10. The van der Waals surface area contributed by atoms with Crippen LogP contribution in [-0.4, -0.2) is 19.1 Å². The highest BCUT2D eigenvalue weighted by molar-refractivity contribution is 5.94. The number of hydrogen-bond acceptors (Lipinski definition) is 3. The molecule has 0 aliphatic heterocycles. The standard InChI is InChI=1S/C17H18F2N2O2/c1-11-7-8-13(9-12(11)2)21-16(22)10-20-14-5-3-4-6-15(14)23-17(18)19/h3-9,17,20H,10H2,1-2H3,(H,21,22). The lowest BCUT2D eigenvalue weighted by molar-refractivity contribution is -0.114. The van der Waals surface area contributed by atoms with Gasteiger partial charge in [-0.15, -0.1) is 0 Å². The van der Waals surface area contributed by atoms with Gasteiger partial charge in [0, 0.05) is 5.69 Å². The Kier molecular flexibility index (Phi) is 5.51. The van der Waals surface area contributed by atoms with Gasteiger partial charge in [-0.1, -0.05) is 18.2 Å². The first-order valence-electron chi connectivity index (χ1n) is 7.10. The molecule has 0 fully saturated rings. The van der Waals surface area contributed by atoms with E-state index >= 15 is 0 Å². The van der Waals surface area contributed by atoms with E-state index in [0.717, 1.165) is 11.1 Å². The number of rotatable bonds is 6. The molecule has 0 atom stereocenters. The van der Waals surface area contributed by atoms with Crippen molar-refractivity contribution in [3.63, 3.8) is 0 Å². The van der Waals surface area contributed by atoms with Gasteiger partial charge in [0.05, 0.1) is 12.2 Å². The molecule has 2 N–H and O–H groups in total. The number of anilines is 2. The van der Waals surface area contributed by atoms with E-state index in [2.05, 4.69) is 15.4 Å². The molecule has 23 heavy (non-hydrogen) atoms. The zero-order valence-electron chi connectivity index (χ0n) is 12.9. The Morgan fingerprint density at radius 2 is 1.87 bits per heavy atom. The molecule has 2 aromatic carbocycles. The number of nitrogens with one attached hydrogen (secondary N) is 2. The maximum Gasteiger partial charge on any atom is 0.387 e. The van der Waals surface area contributed by atoms with E-state index in [1.165, 1.54) is 6.07 Å². The molecule has 0 aliphatic carbocycles. The molecule has 0 aliphatic rings. The molecular weight excluding hydrogens is 302 g/mol. The Morgan fingerprint density at radius 3 is 2.57 bits per heavy atom. The first-order chi connectivity index (χ1) is 11.0. The summed E-state index contributed by atoms with van der Waals surface area (Å²) in [6, 6.07) is 11.8. The molecule has 0 spiro atoms. The summed E-state index contributed by atoms with van der Waals surface area (Å²) >= 11 is 0. The van der Waals surface area contributed by atoms with Crippen molar-refractivity contribution in [1.29, 1.82) is 0 Å². The lowest BCUT2D eigenvalue weighted by atomic mass is 10.1. The van der Waals surface area contributed by atoms with Gasteiger partial charge in [-0.3, -0.25) is 4.79 Å². The van der Waals surface area contributed by atoms with E-state index in [1.54, 1.807) is 18.2 Å². The number of aryl methyl sites for hydroxylation is 2. The van der Waals surface area contributed by atoms with Crippen LogP contribution < -0.4 is 15.4 Å². The molecular formula is C17H18F2N2O2. The van der Waals surface area contributed by atoms with Crippen LogP contribution in [0.3, 0.4) is 0 Å². The van der Waals surface area contributed by atoms with Crippen molar-refractivity contribution in [3.05, 3.63) is 53.6 Å². The number of ether oxygens (including phenoxy) is 1. The minimum absolute atomic E-state index is 0.00137. The smallest absolute Gasteiger partial charge is 0.387 e. The number of amides is 1. The van der Waals surface area contributed by atoms with Crippen LogP contribution >= 0.6 is 0 Å². The van der Waals surface area contributed by atoms with Crippen molar-refractivity contribution in [1.82, 2.24) is 0 Å². The second kappa shape index (κ2) is 7.58. The van der Waals surface area contributed by atoms with E-state index in [1.807, 2.05) is 32.0 Å². The topological polar surface area (TPSA) is 50.4 Å². The monoisotopic (exact) mass is 320 g/mol. The highest BCUT2D eigenvalue weighted by Crippen LogP contribution is 2.25. The van der Waals surface area contributed by atoms with Crippen molar-refractivity contribution >= 4 is 17.3 Å². The molecule has 122 valence electrons. The number of para-hydroxylation sites is 2. The minimum atomic E-state index is -2.91. The SMILES string of the molecule is Cc1ccc(NC(=O)CNc2ccccc2OC(F)F)cc1C. The maximum atomic E-state index is 12.3. The van der Waals surface area contributed by atoms with E-state index in [4.69, 9.17) is 0 Å². The first-order valence-corrected chi connectivity index (χ1v) is 7.10. The second-order valence-electron chi connectivity index (χ2n) is 5.08. The fraction of sp³-hybridized carbons (Fsp3) is 0.235. The molecule has 0 heterocycles. The molecule has 0 radical (unpaired) electrons. The quantitative estimate of drug-likeness (QED) is 0.847. The van der Waals surface area contributed by atoms with Crippen molar-refractivity contribution in [3.8, 4) is 5.75 Å². The zero-order valence-corrected chi connectivity index (χ0v) is 12.9. The van der Waals surface area contributed by atoms with E-state index in [-0.39, 0.29) is 18.2 Å². The molecule has 4 nitrogen and oxygen atoms in total. The predicted octanol–water partition coefficient (Wildman–Crippen LogP) is 3.96. The largest absolute Gasteiger partial charge is 0.433 e. The minimum Gasteiger partial charge on any atom is -0.433 e. The molecule has 0 aromatic heterocycles. The Hall–Kier alpha value is -2.63. The predicted molar refractivity (Wildman–Crippen MR) is 86.1 cm³/mol. The van der Waals surface area contributed by atoms with E-state index < -0.39 is 6.61 Å². The maximum absolute atomic E-state index is 12.3. The second-order valence-corrected chi connectivity index (χ2v) is 5.08. The first kappa shape index (κ1) is 16.7. The number of hydrogen-bond donors (Lipinski definition) is 2. The normalized spacial score (nSPS) is 10.5. The molecule has 0 bridgehead atoms. The summed E-state index contributed by atoms with van der Waals surface area (Å²) in [6.07, 6.45) is 0. The number of carbonyl (C=O) groups excluding carboxylic acids is 1. The number of alkyl halides is 2. The summed E-state index contributed by atoms with van der Waals surface area (Å²) in [5.74, 6) is -0.276. The van der Waals surface area contributed by atoms with Crippen molar-refractivity contribution in [2.24, 2.45) is 0 Å². The van der Waals surface area contributed by atoms with E-state index in [9.17, 15) is 13.6 Å². The van der Waals surface area contributed by atoms with Crippen LogP contribution in [0.25, 0.3) is 0 Å². The average molecular weight is 320 g/mol. The Balaban J connectivity index is 1.95. The van der Waals surface area contributed by atoms with Crippen LogP contribution in [0.5, 0.6) is 5.75 Å². The zero-order chi connectivity index (χ0) is 16.8. The van der Waals surface area contributed by atoms with Gasteiger partial charge < -0.3 is 15.4 Å². The highest BCUT2D eigenvalue weighted by atomic mass is 19.3. The molecule has 6 heteroatoms. The molecule has 2 rings (SSSR count). The fourth-order valence-corrected chi connectivity index (χ4v) is 2.01. The Labute approximate surface area is 133 Å². The Morgan fingerprint density at radius 1 is 1.13 bits per heavy atom. The number of carbonyl (C=O) groups is 1. The van der Waals surface area contributed by atoms with Crippen LogP contribution in [0.1, 0.15) is 11.1 Å². The fourth-order valence-electron chi connectivity index (χ4n) is 2.01. The van der Waals surface area contributed by atoms with Crippen LogP contribution in [0.2, 0.25) is 0 Å². The van der Waals surface area contributed by atoms with Crippen molar-refractivity contribution < 1.29 is 18.3 Å². The summed E-state index contributed by atoms with van der Waals surface area (Å²) in [5, 5.41) is 5.54. The summed E-state index contributed by atoms with van der Waals surface area (Å²) in [6.45, 7) is 0.974. The van der Waals surface area contributed by atoms with Gasteiger partial charge in [-0.05, 0) is 49.2 Å².